The molecule has 0 spiro atoms. The van der Waals surface area contributed by atoms with Gasteiger partial charge in [-0.25, -0.2) is 8.78 Å². The van der Waals surface area contributed by atoms with E-state index in [9.17, 15) is 13.9 Å². The molecule has 1 unspecified atom stereocenters. The lowest BCUT2D eigenvalue weighted by Gasteiger charge is -2.11. The number of aliphatic hydroxyl groups is 1. The lowest BCUT2D eigenvalue weighted by molar-refractivity contribution is 0.148. The van der Waals surface area contributed by atoms with Crippen LogP contribution in [0.3, 0.4) is 0 Å². The highest BCUT2D eigenvalue weighted by Crippen LogP contribution is 2.42. The summed E-state index contributed by atoms with van der Waals surface area (Å²) in [6.07, 6.45) is 0.831. The lowest BCUT2D eigenvalue weighted by atomic mass is 10.0. The van der Waals surface area contributed by atoms with Crippen molar-refractivity contribution < 1.29 is 13.9 Å². The van der Waals surface area contributed by atoms with E-state index in [-0.39, 0.29) is 16.5 Å². The molecule has 1 aliphatic carbocycles. The van der Waals surface area contributed by atoms with Gasteiger partial charge in [0.25, 0.3) is 0 Å². The van der Waals surface area contributed by atoms with Crippen LogP contribution in [-0.4, -0.2) is 5.11 Å². The first kappa shape index (κ1) is 9.87. The van der Waals surface area contributed by atoms with Crippen molar-refractivity contribution in [3.05, 3.63) is 34.4 Å². The Kier molecular flexibility index (Phi) is 2.45. The largest absolute Gasteiger partial charge is 0.388 e. The van der Waals surface area contributed by atoms with Crippen LogP contribution in [0.25, 0.3) is 0 Å². The molecule has 1 aliphatic rings. The maximum absolute atomic E-state index is 13.3. The van der Waals surface area contributed by atoms with Crippen molar-refractivity contribution in [2.24, 2.45) is 5.92 Å². The normalized spacial score (nSPS) is 18.3. The van der Waals surface area contributed by atoms with E-state index in [1.807, 2.05) is 0 Å². The summed E-state index contributed by atoms with van der Waals surface area (Å²) in [5.41, 5.74) is 0.00870. The molecular weight excluding hydrogens is 210 g/mol. The Morgan fingerprint density at radius 2 is 1.93 bits per heavy atom. The highest BCUT2D eigenvalue weighted by atomic mass is 35.5. The Bertz CT molecular complexity index is 363. The minimum absolute atomic E-state index is 0.00870. The number of benzene rings is 1. The first-order valence-corrected chi connectivity index (χ1v) is 4.80. The molecule has 1 N–H and O–H groups in total. The molecule has 76 valence electrons. The van der Waals surface area contributed by atoms with Crippen LogP contribution in [0, 0.1) is 17.6 Å². The molecule has 0 aliphatic heterocycles. The van der Waals surface area contributed by atoms with Gasteiger partial charge in [0.15, 0.2) is 11.6 Å². The second kappa shape index (κ2) is 3.48. The smallest absolute Gasteiger partial charge is 0.177 e. The quantitative estimate of drug-likeness (QED) is 0.757. The molecule has 14 heavy (non-hydrogen) atoms. The fourth-order valence-corrected chi connectivity index (χ4v) is 1.58. The minimum Gasteiger partial charge on any atom is -0.388 e. The standard InChI is InChI=1S/C10H9ClF2O/c11-7-4-3-6(8(12)9(7)13)10(14)5-1-2-5/h3-5,10,14H,1-2H2. The predicted octanol–water partition coefficient (Wildman–Crippen LogP) is 3.06. The summed E-state index contributed by atoms with van der Waals surface area (Å²) in [6.45, 7) is 0. The summed E-state index contributed by atoms with van der Waals surface area (Å²) in [4.78, 5) is 0. The molecular formula is C10H9ClF2O. The zero-order chi connectivity index (χ0) is 10.3. The van der Waals surface area contributed by atoms with Crippen molar-refractivity contribution in [2.75, 3.05) is 0 Å². The van der Waals surface area contributed by atoms with Gasteiger partial charge in [0.2, 0.25) is 0 Å². The molecule has 1 atom stereocenters. The molecule has 4 heteroatoms. The monoisotopic (exact) mass is 218 g/mol. The third kappa shape index (κ3) is 1.62. The van der Waals surface area contributed by atoms with Crippen LogP contribution in [0.15, 0.2) is 12.1 Å². The fraction of sp³-hybridized carbons (Fsp3) is 0.400. The molecule has 1 saturated carbocycles. The zero-order valence-electron chi connectivity index (χ0n) is 7.30. The van der Waals surface area contributed by atoms with Gasteiger partial charge in [-0.2, -0.15) is 0 Å². The van der Waals surface area contributed by atoms with E-state index >= 15 is 0 Å². The molecule has 0 radical (unpaired) electrons. The number of rotatable bonds is 2. The van der Waals surface area contributed by atoms with Crippen LogP contribution in [0.4, 0.5) is 8.78 Å². The molecule has 2 rings (SSSR count). The van der Waals surface area contributed by atoms with Crippen LogP contribution >= 0.6 is 11.6 Å². The van der Waals surface area contributed by atoms with Crippen LogP contribution in [0.2, 0.25) is 5.02 Å². The van der Waals surface area contributed by atoms with E-state index < -0.39 is 17.7 Å². The summed E-state index contributed by atoms with van der Waals surface area (Å²) in [5.74, 6) is -2.04. The highest BCUT2D eigenvalue weighted by Gasteiger charge is 2.33. The van der Waals surface area contributed by atoms with Gasteiger partial charge >= 0.3 is 0 Å². The van der Waals surface area contributed by atoms with Crippen molar-refractivity contribution in [2.45, 2.75) is 18.9 Å². The third-order valence-electron chi connectivity index (χ3n) is 2.45. The summed E-state index contributed by atoms with van der Waals surface area (Å²) in [5, 5.41) is 9.35. The molecule has 1 aromatic carbocycles. The van der Waals surface area contributed by atoms with Gasteiger partial charge in [-0.05, 0) is 24.8 Å². The maximum atomic E-state index is 13.3. The molecule has 0 aromatic heterocycles. The van der Waals surface area contributed by atoms with Crippen molar-refractivity contribution in [3.8, 4) is 0 Å². The topological polar surface area (TPSA) is 20.2 Å². The average Bonchev–Trinajstić information content (AvgIpc) is 2.97. The Hall–Kier alpha value is -0.670. The predicted molar refractivity (Wildman–Crippen MR) is 49.1 cm³/mol. The zero-order valence-corrected chi connectivity index (χ0v) is 8.06. The SMILES string of the molecule is OC(c1ccc(Cl)c(F)c1F)C1CC1. The number of aliphatic hydroxyl groups excluding tert-OH is 1. The third-order valence-corrected chi connectivity index (χ3v) is 2.74. The number of hydrogen-bond donors (Lipinski definition) is 1. The molecule has 0 bridgehead atoms. The lowest BCUT2D eigenvalue weighted by Crippen LogP contribution is -2.04. The number of halogens is 3. The average molecular weight is 219 g/mol. The van der Waals surface area contributed by atoms with E-state index in [0.717, 1.165) is 12.8 Å². The Balaban J connectivity index is 2.38. The Morgan fingerprint density at radius 1 is 1.29 bits per heavy atom. The molecule has 0 saturated heterocycles. The first-order valence-electron chi connectivity index (χ1n) is 4.42. The molecule has 1 nitrogen and oxygen atoms in total. The van der Waals surface area contributed by atoms with Crippen LogP contribution in [-0.2, 0) is 0 Å². The minimum atomic E-state index is -1.08. The van der Waals surface area contributed by atoms with Crippen LogP contribution in [0.1, 0.15) is 24.5 Å². The summed E-state index contributed by atoms with van der Waals surface area (Å²) in [6, 6.07) is 2.60. The van der Waals surface area contributed by atoms with E-state index in [4.69, 9.17) is 11.6 Å². The van der Waals surface area contributed by atoms with Crippen LogP contribution in [0.5, 0.6) is 0 Å². The molecule has 0 amide bonds. The fourth-order valence-electron chi connectivity index (χ4n) is 1.44. The van der Waals surface area contributed by atoms with Gasteiger partial charge in [0.05, 0.1) is 11.1 Å². The molecule has 0 heterocycles. The van der Waals surface area contributed by atoms with Gasteiger partial charge in [-0.1, -0.05) is 17.7 Å². The Labute approximate surface area is 85.3 Å². The van der Waals surface area contributed by atoms with Crippen LogP contribution < -0.4 is 0 Å². The van der Waals surface area contributed by atoms with Gasteiger partial charge < -0.3 is 5.11 Å². The van der Waals surface area contributed by atoms with Crippen molar-refractivity contribution in [3.63, 3.8) is 0 Å². The van der Waals surface area contributed by atoms with Gasteiger partial charge in [0, 0.05) is 5.56 Å². The second-order valence-corrected chi connectivity index (χ2v) is 3.95. The summed E-state index contributed by atoms with van der Waals surface area (Å²) < 4.78 is 26.3. The maximum Gasteiger partial charge on any atom is 0.177 e. The first-order chi connectivity index (χ1) is 6.61. The van der Waals surface area contributed by atoms with E-state index in [1.54, 1.807) is 0 Å². The van der Waals surface area contributed by atoms with Crippen molar-refractivity contribution in [1.82, 2.24) is 0 Å². The Morgan fingerprint density at radius 3 is 2.50 bits per heavy atom. The van der Waals surface area contributed by atoms with Gasteiger partial charge in [0.1, 0.15) is 0 Å². The van der Waals surface area contributed by atoms with Gasteiger partial charge in [-0.3, -0.25) is 0 Å². The van der Waals surface area contributed by atoms with Crippen molar-refractivity contribution in [1.29, 1.82) is 0 Å². The second-order valence-electron chi connectivity index (χ2n) is 3.55. The van der Waals surface area contributed by atoms with Crippen molar-refractivity contribution >= 4 is 11.6 Å². The summed E-state index contributed by atoms with van der Waals surface area (Å²) in [7, 11) is 0. The summed E-state index contributed by atoms with van der Waals surface area (Å²) >= 11 is 5.39. The van der Waals surface area contributed by atoms with Gasteiger partial charge in [-0.15, -0.1) is 0 Å². The van der Waals surface area contributed by atoms with E-state index in [2.05, 4.69) is 0 Å². The number of hydrogen-bond acceptors (Lipinski definition) is 1. The highest BCUT2D eigenvalue weighted by molar-refractivity contribution is 6.30. The van der Waals surface area contributed by atoms with E-state index in [1.165, 1.54) is 12.1 Å². The van der Waals surface area contributed by atoms with E-state index in [0.29, 0.717) is 0 Å². The molecule has 1 aromatic rings. The molecule has 1 fully saturated rings.